The van der Waals surface area contributed by atoms with E-state index >= 15 is 0 Å². The molecule has 1 aromatic heterocycles. The molecule has 2 N–H and O–H groups in total. The topological polar surface area (TPSA) is 68.4 Å². The Balaban J connectivity index is 1.42. The summed E-state index contributed by atoms with van der Waals surface area (Å²) in [5, 5.41) is 3.01. The van der Waals surface area contributed by atoms with Gasteiger partial charge in [0.2, 0.25) is 5.91 Å². The third-order valence-electron chi connectivity index (χ3n) is 4.82. The molecule has 1 aromatic carbocycles. The van der Waals surface area contributed by atoms with Crippen LogP contribution in [0, 0.1) is 0 Å². The van der Waals surface area contributed by atoms with Crippen LogP contribution >= 0.6 is 0 Å². The number of carbonyl (C=O) groups is 2. The Morgan fingerprint density at radius 2 is 1.85 bits per heavy atom. The molecule has 6 heteroatoms. The predicted octanol–water partition coefficient (Wildman–Crippen LogP) is 2.36. The summed E-state index contributed by atoms with van der Waals surface area (Å²) < 4.78 is 0. The molecule has 6 nitrogen and oxygen atoms in total. The van der Waals surface area contributed by atoms with Gasteiger partial charge in [0.25, 0.3) is 5.91 Å². The number of nitrogens with zero attached hydrogens (tertiary/aromatic N) is 2. The van der Waals surface area contributed by atoms with Crippen LogP contribution in [0.3, 0.4) is 0 Å². The number of piperazine rings is 1. The van der Waals surface area contributed by atoms with Crippen LogP contribution in [0.4, 0.5) is 5.69 Å². The van der Waals surface area contributed by atoms with Crippen LogP contribution in [0.15, 0.2) is 42.6 Å². The van der Waals surface area contributed by atoms with Crippen LogP contribution in [0.2, 0.25) is 0 Å². The molecule has 1 fully saturated rings. The third-order valence-corrected chi connectivity index (χ3v) is 4.82. The maximum absolute atomic E-state index is 12.3. The van der Waals surface area contributed by atoms with Crippen molar-refractivity contribution in [2.75, 3.05) is 38.0 Å². The van der Waals surface area contributed by atoms with Gasteiger partial charge in [-0.15, -0.1) is 0 Å². The van der Waals surface area contributed by atoms with Crippen molar-refractivity contribution < 1.29 is 9.59 Å². The molecule has 0 aliphatic carbocycles. The minimum atomic E-state index is 0.0378. The molecular weight excluding hydrogens is 328 g/mol. The number of benzene rings is 1. The summed E-state index contributed by atoms with van der Waals surface area (Å²) in [5.74, 6) is 0.0827. The summed E-state index contributed by atoms with van der Waals surface area (Å²) in [6.07, 6.45) is 3.12. The molecule has 0 spiro atoms. The quantitative estimate of drug-likeness (QED) is 0.837. The van der Waals surface area contributed by atoms with Crippen LogP contribution in [-0.2, 0) is 11.2 Å². The molecule has 0 radical (unpaired) electrons. The zero-order valence-corrected chi connectivity index (χ0v) is 15.2. The fourth-order valence-corrected chi connectivity index (χ4v) is 3.23. The number of aryl methyl sites for hydroxylation is 1. The number of para-hydroxylation sites is 1. The first kappa shape index (κ1) is 18.2. The highest BCUT2D eigenvalue weighted by Gasteiger charge is 2.22. The van der Waals surface area contributed by atoms with Crippen molar-refractivity contribution in [3.63, 3.8) is 0 Å². The molecule has 1 saturated heterocycles. The van der Waals surface area contributed by atoms with Crippen molar-refractivity contribution in [2.45, 2.75) is 19.8 Å². The number of amides is 2. The third kappa shape index (κ3) is 4.52. The molecule has 0 unspecified atom stereocenters. The van der Waals surface area contributed by atoms with Crippen molar-refractivity contribution in [3.05, 3.63) is 53.9 Å². The van der Waals surface area contributed by atoms with Gasteiger partial charge in [0, 0.05) is 51.0 Å². The average molecular weight is 354 g/mol. The Labute approximate surface area is 154 Å². The highest BCUT2D eigenvalue weighted by Crippen LogP contribution is 2.16. The van der Waals surface area contributed by atoms with Gasteiger partial charge < -0.3 is 15.2 Å². The largest absolute Gasteiger partial charge is 0.357 e. The summed E-state index contributed by atoms with van der Waals surface area (Å²) in [6.45, 7) is 5.77. The standard InChI is InChI=1S/C20H26N4O2/c1-2-16-6-3-4-7-17(16)22-19(25)9-11-23-12-14-24(15-13-23)20(26)18-8-5-10-21-18/h3-8,10,21H,2,9,11-15H2,1H3,(H,22,25). The zero-order valence-electron chi connectivity index (χ0n) is 15.2. The molecule has 1 aliphatic heterocycles. The molecule has 2 aromatic rings. The Morgan fingerprint density at radius 1 is 1.08 bits per heavy atom. The van der Waals surface area contributed by atoms with Gasteiger partial charge >= 0.3 is 0 Å². The van der Waals surface area contributed by atoms with Crippen LogP contribution < -0.4 is 5.32 Å². The number of aromatic amines is 1. The molecule has 138 valence electrons. The lowest BCUT2D eigenvalue weighted by Gasteiger charge is -2.34. The Bertz CT molecular complexity index is 734. The maximum Gasteiger partial charge on any atom is 0.270 e. The fourth-order valence-electron chi connectivity index (χ4n) is 3.23. The lowest BCUT2D eigenvalue weighted by atomic mass is 10.1. The van der Waals surface area contributed by atoms with Gasteiger partial charge in [-0.05, 0) is 30.2 Å². The van der Waals surface area contributed by atoms with E-state index in [1.165, 1.54) is 0 Å². The van der Waals surface area contributed by atoms with Crippen LogP contribution in [0.5, 0.6) is 0 Å². The van der Waals surface area contributed by atoms with E-state index in [4.69, 9.17) is 0 Å². The van der Waals surface area contributed by atoms with Gasteiger partial charge in [-0.2, -0.15) is 0 Å². The number of nitrogens with one attached hydrogen (secondary N) is 2. The minimum absolute atomic E-state index is 0.0378. The zero-order chi connectivity index (χ0) is 18.4. The van der Waals surface area contributed by atoms with Gasteiger partial charge in [0.1, 0.15) is 5.69 Å². The number of anilines is 1. The van der Waals surface area contributed by atoms with E-state index in [2.05, 4.69) is 22.1 Å². The van der Waals surface area contributed by atoms with E-state index in [1.54, 1.807) is 12.3 Å². The van der Waals surface area contributed by atoms with Gasteiger partial charge in [-0.25, -0.2) is 0 Å². The van der Waals surface area contributed by atoms with Gasteiger partial charge in [0.15, 0.2) is 0 Å². The lowest BCUT2D eigenvalue weighted by molar-refractivity contribution is -0.116. The second kappa shape index (κ2) is 8.67. The highest BCUT2D eigenvalue weighted by atomic mass is 16.2. The second-order valence-electron chi connectivity index (χ2n) is 6.53. The number of aromatic nitrogens is 1. The van der Waals surface area contributed by atoms with E-state index in [0.29, 0.717) is 31.7 Å². The molecule has 0 saturated carbocycles. The molecule has 2 heterocycles. The van der Waals surface area contributed by atoms with E-state index in [9.17, 15) is 9.59 Å². The van der Waals surface area contributed by atoms with Crippen molar-refractivity contribution in [1.29, 1.82) is 0 Å². The molecule has 0 atom stereocenters. The number of hydrogen-bond donors (Lipinski definition) is 2. The molecule has 3 rings (SSSR count). The summed E-state index contributed by atoms with van der Waals surface area (Å²) in [7, 11) is 0. The van der Waals surface area contributed by atoms with Crippen molar-refractivity contribution in [2.24, 2.45) is 0 Å². The number of rotatable bonds is 6. The number of H-pyrrole nitrogens is 1. The Kier molecular flexibility index (Phi) is 6.07. The van der Waals surface area contributed by atoms with E-state index in [0.717, 1.165) is 30.8 Å². The normalized spacial score (nSPS) is 15.0. The minimum Gasteiger partial charge on any atom is -0.357 e. The monoisotopic (exact) mass is 354 g/mol. The van der Waals surface area contributed by atoms with Gasteiger partial charge in [-0.3, -0.25) is 14.5 Å². The number of hydrogen-bond acceptors (Lipinski definition) is 3. The SMILES string of the molecule is CCc1ccccc1NC(=O)CCN1CCN(C(=O)c2ccc[nH]2)CC1. The number of carbonyl (C=O) groups excluding carboxylic acids is 2. The maximum atomic E-state index is 12.3. The van der Waals surface area contributed by atoms with Gasteiger partial charge in [0.05, 0.1) is 0 Å². The molecule has 1 aliphatic rings. The van der Waals surface area contributed by atoms with Crippen molar-refractivity contribution >= 4 is 17.5 Å². The summed E-state index contributed by atoms with van der Waals surface area (Å²) in [6, 6.07) is 11.5. The summed E-state index contributed by atoms with van der Waals surface area (Å²) >= 11 is 0. The summed E-state index contributed by atoms with van der Waals surface area (Å²) in [5.41, 5.74) is 2.69. The summed E-state index contributed by atoms with van der Waals surface area (Å²) in [4.78, 5) is 31.6. The predicted molar refractivity (Wildman–Crippen MR) is 102 cm³/mol. The van der Waals surface area contributed by atoms with E-state index in [1.807, 2.05) is 35.2 Å². The Morgan fingerprint density at radius 3 is 2.54 bits per heavy atom. The molecule has 0 bridgehead atoms. The first-order valence-electron chi connectivity index (χ1n) is 9.20. The first-order valence-corrected chi connectivity index (χ1v) is 9.20. The second-order valence-corrected chi connectivity index (χ2v) is 6.53. The van der Waals surface area contributed by atoms with Crippen LogP contribution in [-0.4, -0.2) is 59.3 Å². The van der Waals surface area contributed by atoms with Gasteiger partial charge in [-0.1, -0.05) is 25.1 Å². The first-order chi connectivity index (χ1) is 12.7. The van der Waals surface area contributed by atoms with Crippen molar-refractivity contribution in [1.82, 2.24) is 14.8 Å². The highest BCUT2D eigenvalue weighted by molar-refractivity contribution is 5.92. The van der Waals surface area contributed by atoms with E-state index in [-0.39, 0.29) is 11.8 Å². The van der Waals surface area contributed by atoms with Crippen molar-refractivity contribution in [3.8, 4) is 0 Å². The Hall–Kier alpha value is -2.60. The van der Waals surface area contributed by atoms with Crippen LogP contribution in [0.1, 0.15) is 29.4 Å². The fraction of sp³-hybridized carbons (Fsp3) is 0.400. The smallest absolute Gasteiger partial charge is 0.270 e. The molecule has 26 heavy (non-hydrogen) atoms. The van der Waals surface area contributed by atoms with Crippen LogP contribution in [0.25, 0.3) is 0 Å². The van der Waals surface area contributed by atoms with E-state index < -0.39 is 0 Å². The molecule has 2 amide bonds. The average Bonchev–Trinajstić information content (AvgIpc) is 3.21. The lowest BCUT2D eigenvalue weighted by Crippen LogP contribution is -2.49. The molecular formula is C20H26N4O2.